The number of carbonyl (C=O) groups excluding carboxylic acids is 2. The fraction of sp³-hybridized carbons (Fsp3) is 0.276. The molecule has 0 saturated heterocycles. The highest BCUT2D eigenvalue weighted by Crippen LogP contribution is 2.24. The Labute approximate surface area is 233 Å². The van der Waals surface area contributed by atoms with E-state index in [4.69, 9.17) is 0 Å². The molecule has 40 heavy (non-hydrogen) atoms. The maximum atomic E-state index is 13.0. The normalized spacial score (nSPS) is 12.7. The number of hydrogen-bond acceptors (Lipinski definition) is 6. The Hall–Kier alpha value is -4.22. The second kappa shape index (κ2) is 13.7. The predicted molar refractivity (Wildman–Crippen MR) is 152 cm³/mol. The van der Waals surface area contributed by atoms with Crippen LogP contribution in [0.4, 0.5) is 10.5 Å². The average molecular weight is 568 g/mol. The molecule has 0 aliphatic heterocycles. The van der Waals surface area contributed by atoms with Crippen molar-refractivity contribution in [3.8, 4) is 11.1 Å². The van der Waals surface area contributed by atoms with E-state index < -0.39 is 28.0 Å². The van der Waals surface area contributed by atoms with Crippen molar-refractivity contribution in [1.82, 2.24) is 10.0 Å². The Morgan fingerprint density at radius 2 is 1.65 bits per heavy atom. The van der Waals surface area contributed by atoms with Crippen molar-refractivity contribution >= 4 is 33.7 Å². The number of anilines is 1. The number of amides is 2. The zero-order chi connectivity index (χ0) is 29.3. The van der Waals surface area contributed by atoms with Gasteiger partial charge in [-0.3, -0.25) is 4.79 Å². The van der Waals surface area contributed by atoms with Crippen LogP contribution in [0.25, 0.3) is 11.1 Å². The molecule has 0 radical (unpaired) electrons. The molecule has 11 heteroatoms. The minimum atomic E-state index is -4.36. The molecular weight excluding hydrogens is 534 g/mol. The van der Waals surface area contributed by atoms with Gasteiger partial charge >= 0.3 is 18.0 Å². The standard InChI is InChI=1S/C29H33N3O7S/c1-4-19(2)18-30-29(36)31-23-9-7-8-22(17-23)21-14-12-20(13-15-21)16-25(27(33)34)32-40(37,38)26-11-6-5-10-24(26)28(35)39-3/h5-15,17,19,25,32H,4,16,18H2,1-3H3,(H,33,34)(H2,30,31,36). The van der Waals surface area contributed by atoms with Gasteiger partial charge < -0.3 is 20.5 Å². The van der Waals surface area contributed by atoms with E-state index in [1.165, 1.54) is 24.3 Å². The van der Waals surface area contributed by atoms with Crippen LogP contribution in [-0.2, 0) is 26.0 Å². The summed E-state index contributed by atoms with van der Waals surface area (Å²) in [6.45, 7) is 4.70. The quantitative estimate of drug-likeness (QED) is 0.239. The molecule has 2 unspecified atom stereocenters. The summed E-state index contributed by atoms with van der Waals surface area (Å²) in [7, 11) is -3.23. The van der Waals surface area contributed by atoms with Crippen LogP contribution in [0, 0.1) is 5.92 Å². The molecule has 3 rings (SSSR count). The van der Waals surface area contributed by atoms with Gasteiger partial charge in [0.15, 0.2) is 0 Å². The van der Waals surface area contributed by atoms with E-state index in [9.17, 15) is 27.9 Å². The van der Waals surface area contributed by atoms with E-state index in [1.54, 1.807) is 30.3 Å². The number of carbonyl (C=O) groups is 3. The van der Waals surface area contributed by atoms with Crippen LogP contribution < -0.4 is 15.4 Å². The molecule has 0 heterocycles. The summed E-state index contributed by atoms with van der Waals surface area (Å²) in [5, 5.41) is 15.4. The first-order valence-corrected chi connectivity index (χ1v) is 14.2. The summed E-state index contributed by atoms with van der Waals surface area (Å²) in [6, 6.07) is 17.9. The molecule has 0 bridgehead atoms. The van der Waals surface area contributed by atoms with Gasteiger partial charge in [0.25, 0.3) is 0 Å². The van der Waals surface area contributed by atoms with Crippen LogP contribution in [0.1, 0.15) is 36.2 Å². The van der Waals surface area contributed by atoms with Crippen LogP contribution in [0.3, 0.4) is 0 Å². The van der Waals surface area contributed by atoms with Crippen LogP contribution in [0.5, 0.6) is 0 Å². The number of carboxylic acids is 1. The number of benzene rings is 3. The van der Waals surface area contributed by atoms with Gasteiger partial charge in [-0.25, -0.2) is 18.0 Å². The molecule has 0 aliphatic rings. The van der Waals surface area contributed by atoms with Gasteiger partial charge in [-0.15, -0.1) is 0 Å². The number of carboxylic acid groups (broad SMARTS) is 1. The Bertz CT molecular complexity index is 1460. The van der Waals surface area contributed by atoms with Crippen molar-refractivity contribution in [2.45, 2.75) is 37.6 Å². The molecule has 10 nitrogen and oxygen atoms in total. The summed E-state index contributed by atoms with van der Waals surface area (Å²) in [5.74, 6) is -1.84. The lowest BCUT2D eigenvalue weighted by Crippen LogP contribution is -2.42. The zero-order valence-corrected chi connectivity index (χ0v) is 23.3. The Morgan fingerprint density at radius 3 is 2.30 bits per heavy atom. The van der Waals surface area contributed by atoms with Gasteiger partial charge in [0.1, 0.15) is 6.04 Å². The monoisotopic (exact) mass is 567 g/mol. The van der Waals surface area contributed by atoms with Crippen LogP contribution in [-0.4, -0.2) is 51.2 Å². The van der Waals surface area contributed by atoms with Gasteiger partial charge in [0.2, 0.25) is 10.0 Å². The Kier molecular flexibility index (Phi) is 10.4. The summed E-state index contributed by atoms with van der Waals surface area (Å²) in [6.07, 6.45) is 0.835. The van der Waals surface area contributed by atoms with E-state index >= 15 is 0 Å². The number of rotatable bonds is 12. The van der Waals surface area contributed by atoms with Crippen LogP contribution in [0.15, 0.2) is 77.7 Å². The molecule has 212 valence electrons. The van der Waals surface area contributed by atoms with Gasteiger partial charge in [-0.1, -0.05) is 68.8 Å². The molecule has 0 aromatic heterocycles. The third-order valence-electron chi connectivity index (χ3n) is 6.33. The highest BCUT2D eigenvalue weighted by Gasteiger charge is 2.29. The van der Waals surface area contributed by atoms with Gasteiger partial charge in [0.05, 0.1) is 17.6 Å². The molecular formula is C29H33N3O7S. The second-order valence-electron chi connectivity index (χ2n) is 9.33. The molecule has 3 aromatic rings. The summed E-state index contributed by atoms with van der Waals surface area (Å²) in [5.41, 5.74) is 2.67. The van der Waals surface area contributed by atoms with Crippen molar-refractivity contribution in [2.24, 2.45) is 5.92 Å². The van der Waals surface area contributed by atoms with Crippen molar-refractivity contribution < 1.29 is 32.6 Å². The fourth-order valence-corrected chi connectivity index (χ4v) is 5.23. The smallest absolute Gasteiger partial charge is 0.339 e. The van der Waals surface area contributed by atoms with Crippen LogP contribution >= 0.6 is 0 Å². The largest absolute Gasteiger partial charge is 0.480 e. The maximum absolute atomic E-state index is 13.0. The minimum absolute atomic E-state index is 0.132. The van der Waals surface area contributed by atoms with E-state index in [1.807, 2.05) is 18.2 Å². The molecule has 0 aliphatic carbocycles. The third-order valence-corrected chi connectivity index (χ3v) is 7.86. The fourth-order valence-electron chi connectivity index (χ4n) is 3.84. The van der Waals surface area contributed by atoms with Crippen LogP contribution in [0.2, 0.25) is 0 Å². The van der Waals surface area contributed by atoms with Crippen molar-refractivity contribution in [2.75, 3.05) is 19.0 Å². The van der Waals surface area contributed by atoms with Crippen molar-refractivity contribution in [3.63, 3.8) is 0 Å². The molecule has 4 N–H and O–H groups in total. The van der Waals surface area contributed by atoms with Crippen molar-refractivity contribution in [3.05, 3.63) is 83.9 Å². The average Bonchev–Trinajstić information content (AvgIpc) is 2.95. The lowest BCUT2D eigenvalue weighted by atomic mass is 10.0. The molecule has 2 amide bonds. The molecule has 2 atom stereocenters. The number of hydrogen-bond donors (Lipinski definition) is 4. The number of sulfonamides is 1. The molecule has 0 saturated carbocycles. The first-order chi connectivity index (χ1) is 19.0. The first-order valence-electron chi connectivity index (χ1n) is 12.7. The Morgan fingerprint density at radius 1 is 0.950 bits per heavy atom. The minimum Gasteiger partial charge on any atom is -0.480 e. The second-order valence-corrected chi connectivity index (χ2v) is 11.0. The van der Waals surface area contributed by atoms with Crippen molar-refractivity contribution in [1.29, 1.82) is 0 Å². The summed E-state index contributed by atoms with van der Waals surface area (Å²) < 4.78 is 32.8. The van der Waals surface area contributed by atoms with E-state index in [-0.39, 0.29) is 22.9 Å². The van der Waals surface area contributed by atoms with E-state index in [2.05, 4.69) is 33.9 Å². The maximum Gasteiger partial charge on any atom is 0.339 e. The number of methoxy groups -OCH3 is 1. The molecule has 0 spiro atoms. The Balaban J connectivity index is 1.72. The zero-order valence-electron chi connectivity index (χ0n) is 22.5. The van der Waals surface area contributed by atoms with Gasteiger partial charge in [0, 0.05) is 12.2 Å². The number of nitrogens with one attached hydrogen (secondary N) is 3. The van der Waals surface area contributed by atoms with Gasteiger partial charge in [-0.05, 0) is 53.3 Å². The van der Waals surface area contributed by atoms with E-state index in [0.717, 1.165) is 24.7 Å². The topological polar surface area (TPSA) is 151 Å². The first kappa shape index (κ1) is 30.3. The lowest BCUT2D eigenvalue weighted by Gasteiger charge is -2.16. The molecule has 3 aromatic carbocycles. The number of urea groups is 1. The SMILES string of the molecule is CCC(C)CNC(=O)Nc1cccc(-c2ccc(CC(NS(=O)(=O)c3ccccc3C(=O)OC)C(=O)O)cc2)c1. The van der Waals surface area contributed by atoms with Gasteiger partial charge in [-0.2, -0.15) is 4.72 Å². The highest BCUT2D eigenvalue weighted by atomic mass is 32.2. The molecule has 0 fully saturated rings. The summed E-state index contributed by atoms with van der Waals surface area (Å²) >= 11 is 0. The third kappa shape index (κ3) is 8.14. The number of aliphatic carboxylic acids is 1. The number of ether oxygens (including phenoxy) is 1. The predicted octanol–water partition coefficient (Wildman–Crippen LogP) is 4.28. The summed E-state index contributed by atoms with van der Waals surface area (Å²) in [4.78, 5) is 35.8. The lowest BCUT2D eigenvalue weighted by molar-refractivity contribution is -0.138. The number of esters is 1. The van der Waals surface area contributed by atoms with E-state index in [0.29, 0.717) is 23.7 Å². The highest BCUT2D eigenvalue weighted by molar-refractivity contribution is 7.89.